The number of carboxylic acid groups (broad SMARTS) is 1. The number of carbonyl (C=O) groups excluding carboxylic acids is 2. The first-order chi connectivity index (χ1) is 19.1. The standard InChI is InChI=1S/C27H22Cl4N2O7/c28-15-9-16(29)11-17(10-15)32-25(34)23-24(40-13-39-23)26(35)33-22(27(36)37)8-14-4-6-18(7-5-14)38-12-19-20(30)2-1-3-21(19)31/h1-7,9-11,22-24H,8,12-13H2,(H,32,34)(H,33,35)(H,36,37)/t22-,23+,24+/m0/s1. The molecule has 3 aromatic rings. The molecule has 3 N–H and O–H groups in total. The highest BCUT2D eigenvalue weighted by Gasteiger charge is 2.41. The monoisotopic (exact) mass is 626 g/mol. The van der Waals surface area contributed by atoms with E-state index in [-0.39, 0.29) is 19.8 Å². The van der Waals surface area contributed by atoms with Gasteiger partial charge < -0.3 is 30.0 Å². The van der Waals surface area contributed by atoms with E-state index in [1.807, 2.05) is 0 Å². The number of hydrogen-bond acceptors (Lipinski definition) is 6. The van der Waals surface area contributed by atoms with Crippen LogP contribution in [0.1, 0.15) is 11.1 Å². The van der Waals surface area contributed by atoms with Crippen LogP contribution in [-0.2, 0) is 36.9 Å². The van der Waals surface area contributed by atoms with Crippen LogP contribution >= 0.6 is 46.4 Å². The largest absolute Gasteiger partial charge is 0.489 e. The van der Waals surface area contributed by atoms with Crippen molar-refractivity contribution in [2.24, 2.45) is 0 Å². The fourth-order valence-corrected chi connectivity index (χ4v) is 4.90. The van der Waals surface area contributed by atoms with E-state index < -0.39 is 36.0 Å². The van der Waals surface area contributed by atoms with Crippen LogP contribution in [0.15, 0.2) is 60.7 Å². The first-order valence-electron chi connectivity index (χ1n) is 11.8. The van der Waals surface area contributed by atoms with E-state index in [1.54, 1.807) is 42.5 Å². The van der Waals surface area contributed by atoms with Crippen molar-refractivity contribution < 1.29 is 33.7 Å². The molecule has 0 unspecified atom stereocenters. The van der Waals surface area contributed by atoms with Crippen molar-refractivity contribution in [3.05, 3.63) is 91.9 Å². The first-order valence-corrected chi connectivity index (χ1v) is 13.3. The number of carbonyl (C=O) groups is 3. The average molecular weight is 628 g/mol. The van der Waals surface area contributed by atoms with Gasteiger partial charge >= 0.3 is 5.97 Å². The van der Waals surface area contributed by atoms with Crippen LogP contribution in [0.2, 0.25) is 20.1 Å². The summed E-state index contributed by atoms with van der Waals surface area (Å²) < 4.78 is 16.3. The molecule has 1 saturated heterocycles. The maximum absolute atomic E-state index is 12.9. The van der Waals surface area contributed by atoms with Crippen LogP contribution < -0.4 is 15.4 Å². The van der Waals surface area contributed by atoms with E-state index in [1.165, 1.54) is 18.2 Å². The third kappa shape index (κ3) is 7.78. The lowest BCUT2D eigenvalue weighted by molar-refractivity contribution is -0.144. The Morgan fingerprint density at radius 1 is 0.900 bits per heavy atom. The van der Waals surface area contributed by atoms with Gasteiger partial charge in [0.2, 0.25) is 0 Å². The zero-order chi connectivity index (χ0) is 28.8. The Labute approximate surface area is 249 Å². The van der Waals surface area contributed by atoms with E-state index in [2.05, 4.69) is 10.6 Å². The third-order valence-corrected chi connectivity index (χ3v) is 6.98. The van der Waals surface area contributed by atoms with Gasteiger partial charge in [-0.3, -0.25) is 9.59 Å². The summed E-state index contributed by atoms with van der Waals surface area (Å²) in [6.45, 7) is -0.181. The number of carboxylic acids is 1. The Morgan fingerprint density at radius 2 is 1.50 bits per heavy atom. The predicted molar refractivity (Wildman–Crippen MR) is 150 cm³/mol. The number of aliphatic carboxylic acids is 1. The molecular formula is C27H22Cl4N2O7. The number of halogens is 4. The second-order valence-corrected chi connectivity index (χ2v) is 10.4. The molecule has 1 aliphatic heterocycles. The number of amides is 2. The molecule has 0 bridgehead atoms. The topological polar surface area (TPSA) is 123 Å². The molecule has 0 saturated carbocycles. The molecule has 9 nitrogen and oxygen atoms in total. The Hall–Kier alpha value is -3.05. The van der Waals surface area contributed by atoms with Gasteiger partial charge in [0.05, 0.1) is 0 Å². The smallest absolute Gasteiger partial charge is 0.326 e. The molecule has 0 radical (unpaired) electrons. The van der Waals surface area contributed by atoms with Crippen LogP contribution in [-0.4, -0.2) is 47.9 Å². The molecule has 13 heteroatoms. The molecule has 0 aliphatic carbocycles. The highest BCUT2D eigenvalue weighted by Crippen LogP contribution is 2.27. The van der Waals surface area contributed by atoms with Crippen LogP contribution in [0.4, 0.5) is 5.69 Å². The van der Waals surface area contributed by atoms with E-state index in [0.717, 1.165) is 0 Å². The van der Waals surface area contributed by atoms with Gasteiger partial charge in [-0.05, 0) is 48.0 Å². The number of rotatable bonds is 10. The quantitative estimate of drug-likeness (QED) is 0.276. The molecule has 2 amide bonds. The predicted octanol–water partition coefficient (Wildman–Crippen LogP) is 5.37. The van der Waals surface area contributed by atoms with Gasteiger partial charge in [-0.2, -0.15) is 0 Å². The molecule has 3 aromatic carbocycles. The van der Waals surface area contributed by atoms with E-state index >= 15 is 0 Å². The zero-order valence-corrected chi connectivity index (χ0v) is 23.6. The minimum absolute atomic E-state index is 0.0385. The molecule has 1 heterocycles. The van der Waals surface area contributed by atoms with E-state index in [9.17, 15) is 19.5 Å². The normalized spacial score (nSPS) is 17.2. The lowest BCUT2D eigenvalue weighted by Crippen LogP contribution is -2.51. The van der Waals surface area contributed by atoms with Crippen molar-refractivity contribution in [1.82, 2.24) is 5.32 Å². The molecule has 40 heavy (non-hydrogen) atoms. The van der Waals surface area contributed by atoms with Crippen molar-refractivity contribution in [2.75, 3.05) is 12.1 Å². The summed E-state index contributed by atoms with van der Waals surface area (Å²) in [6, 6.07) is 15.0. The minimum atomic E-state index is -1.37. The number of ether oxygens (including phenoxy) is 3. The summed E-state index contributed by atoms with van der Waals surface area (Å²) in [5.74, 6) is -2.25. The van der Waals surface area contributed by atoms with Gasteiger partial charge in [-0.1, -0.05) is 64.6 Å². The summed E-state index contributed by atoms with van der Waals surface area (Å²) >= 11 is 24.3. The van der Waals surface area contributed by atoms with Crippen LogP contribution in [0, 0.1) is 0 Å². The molecule has 3 atom stereocenters. The Balaban J connectivity index is 1.35. The van der Waals surface area contributed by atoms with Crippen LogP contribution in [0.3, 0.4) is 0 Å². The lowest BCUT2D eigenvalue weighted by Gasteiger charge is -2.20. The average Bonchev–Trinajstić information content (AvgIpc) is 3.39. The number of anilines is 1. The van der Waals surface area contributed by atoms with Gasteiger partial charge in [-0.15, -0.1) is 0 Å². The fourth-order valence-electron chi connectivity index (χ4n) is 3.86. The summed E-state index contributed by atoms with van der Waals surface area (Å²) in [5, 5.41) is 16.3. The second kappa shape index (κ2) is 13.5. The van der Waals surface area contributed by atoms with Crippen LogP contribution in [0.25, 0.3) is 0 Å². The second-order valence-electron chi connectivity index (χ2n) is 8.68. The fraction of sp³-hybridized carbons (Fsp3) is 0.222. The van der Waals surface area contributed by atoms with E-state index in [0.29, 0.717) is 42.7 Å². The lowest BCUT2D eigenvalue weighted by atomic mass is 10.0. The highest BCUT2D eigenvalue weighted by atomic mass is 35.5. The molecule has 4 rings (SSSR count). The molecule has 1 fully saturated rings. The number of hydrogen-bond donors (Lipinski definition) is 3. The molecule has 1 aliphatic rings. The maximum Gasteiger partial charge on any atom is 0.326 e. The molecule has 0 spiro atoms. The van der Waals surface area contributed by atoms with E-state index in [4.69, 9.17) is 60.6 Å². The van der Waals surface area contributed by atoms with Crippen LogP contribution in [0.5, 0.6) is 5.75 Å². The van der Waals surface area contributed by atoms with Gasteiger partial charge in [0.25, 0.3) is 11.8 Å². The van der Waals surface area contributed by atoms with Crippen molar-refractivity contribution in [1.29, 1.82) is 0 Å². The summed E-state index contributed by atoms with van der Waals surface area (Å²) in [6.07, 6.45) is -2.73. The van der Waals surface area contributed by atoms with Crippen molar-refractivity contribution in [3.63, 3.8) is 0 Å². The van der Waals surface area contributed by atoms with Gasteiger partial charge in [-0.25, -0.2) is 4.79 Å². The maximum atomic E-state index is 12.9. The van der Waals surface area contributed by atoms with Crippen molar-refractivity contribution in [2.45, 2.75) is 31.3 Å². The minimum Gasteiger partial charge on any atom is -0.489 e. The molecule has 0 aromatic heterocycles. The summed E-state index contributed by atoms with van der Waals surface area (Å²) in [5.41, 5.74) is 1.56. The van der Waals surface area contributed by atoms with Gasteiger partial charge in [0.15, 0.2) is 12.2 Å². The Kier molecular flexibility index (Phi) is 10.1. The Bertz CT molecular complexity index is 1360. The van der Waals surface area contributed by atoms with Gasteiger partial charge in [0, 0.05) is 37.8 Å². The summed E-state index contributed by atoms with van der Waals surface area (Å²) in [7, 11) is 0. The summed E-state index contributed by atoms with van der Waals surface area (Å²) in [4.78, 5) is 37.6. The first kappa shape index (κ1) is 29.9. The zero-order valence-electron chi connectivity index (χ0n) is 20.5. The number of nitrogens with one attached hydrogen (secondary N) is 2. The highest BCUT2D eigenvalue weighted by molar-refractivity contribution is 6.36. The molecular weight excluding hydrogens is 606 g/mol. The molecule has 210 valence electrons. The number of benzene rings is 3. The SMILES string of the molecule is O=C(O)[C@H](Cc1ccc(OCc2c(Cl)cccc2Cl)cc1)NC(=O)[C@@H]1OCO[C@H]1C(=O)Nc1cc(Cl)cc(Cl)c1. The van der Waals surface area contributed by atoms with Gasteiger partial charge in [0.1, 0.15) is 25.2 Å². The third-order valence-electron chi connectivity index (χ3n) is 5.84. The van der Waals surface area contributed by atoms with Crippen molar-refractivity contribution in [3.8, 4) is 5.75 Å². The Morgan fingerprint density at radius 3 is 2.10 bits per heavy atom. The van der Waals surface area contributed by atoms with Crippen molar-refractivity contribution >= 4 is 69.9 Å².